The van der Waals surface area contributed by atoms with Crippen LogP contribution in [0.5, 0.6) is 0 Å². The van der Waals surface area contributed by atoms with Gasteiger partial charge in [0.1, 0.15) is 0 Å². The number of nitrogens with one attached hydrogen (secondary N) is 1. The quantitative estimate of drug-likeness (QED) is 0.680. The Hall–Kier alpha value is -2.71. The predicted octanol–water partition coefficient (Wildman–Crippen LogP) is 3.47. The lowest BCUT2D eigenvalue weighted by Crippen LogP contribution is -2.13. The SMILES string of the molecule is CCc1ccccc1NC(=O)c1ccccc1N=C=O. The van der Waals surface area contributed by atoms with Crippen LogP contribution in [0.3, 0.4) is 0 Å². The Bertz CT molecular complexity index is 674. The number of anilines is 1. The molecule has 0 saturated carbocycles. The fraction of sp³-hybridized carbons (Fsp3) is 0.125. The second-order valence-electron chi connectivity index (χ2n) is 4.19. The third-order valence-corrected chi connectivity index (χ3v) is 2.96. The summed E-state index contributed by atoms with van der Waals surface area (Å²) < 4.78 is 0. The molecule has 0 aliphatic rings. The molecule has 2 aromatic rings. The molecule has 2 aromatic carbocycles. The molecule has 0 aliphatic carbocycles. The molecule has 0 atom stereocenters. The standard InChI is InChI=1S/C16H14N2O2/c1-2-12-7-3-5-9-14(12)18-16(20)13-8-4-6-10-15(13)17-11-19/h3-10H,2H2,1H3,(H,18,20). The van der Waals surface area contributed by atoms with Crippen LogP contribution in [0.2, 0.25) is 0 Å². The monoisotopic (exact) mass is 266 g/mol. The Morgan fingerprint density at radius 3 is 2.60 bits per heavy atom. The summed E-state index contributed by atoms with van der Waals surface area (Å²) in [7, 11) is 0. The summed E-state index contributed by atoms with van der Waals surface area (Å²) in [6, 6.07) is 14.3. The molecule has 0 unspecified atom stereocenters. The Morgan fingerprint density at radius 2 is 1.85 bits per heavy atom. The second kappa shape index (κ2) is 6.45. The fourth-order valence-electron chi connectivity index (χ4n) is 1.95. The molecule has 0 saturated heterocycles. The molecular weight excluding hydrogens is 252 g/mol. The minimum atomic E-state index is -0.291. The minimum Gasteiger partial charge on any atom is -0.322 e. The van der Waals surface area contributed by atoms with Crippen LogP contribution in [0.15, 0.2) is 53.5 Å². The van der Waals surface area contributed by atoms with Gasteiger partial charge in [0, 0.05) is 5.69 Å². The van der Waals surface area contributed by atoms with Gasteiger partial charge in [-0.3, -0.25) is 4.79 Å². The van der Waals surface area contributed by atoms with Crippen molar-refractivity contribution in [1.29, 1.82) is 0 Å². The van der Waals surface area contributed by atoms with E-state index in [9.17, 15) is 9.59 Å². The van der Waals surface area contributed by atoms with Crippen LogP contribution in [0.4, 0.5) is 11.4 Å². The number of aryl methyl sites for hydroxylation is 1. The van der Waals surface area contributed by atoms with E-state index in [-0.39, 0.29) is 5.91 Å². The smallest absolute Gasteiger partial charge is 0.257 e. The van der Waals surface area contributed by atoms with Crippen LogP contribution >= 0.6 is 0 Å². The highest BCUT2D eigenvalue weighted by atomic mass is 16.1. The number of nitrogens with zero attached hydrogens (tertiary/aromatic N) is 1. The number of para-hydroxylation sites is 2. The highest BCUT2D eigenvalue weighted by Crippen LogP contribution is 2.21. The van der Waals surface area contributed by atoms with Crippen LogP contribution in [0.1, 0.15) is 22.8 Å². The van der Waals surface area contributed by atoms with E-state index in [1.807, 2.05) is 31.2 Å². The van der Waals surface area contributed by atoms with Crippen molar-refractivity contribution in [2.45, 2.75) is 13.3 Å². The first-order valence-corrected chi connectivity index (χ1v) is 6.32. The number of hydrogen-bond donors (Lipinski definition) is 1. The van der Waals surface area contributed by atoms with Gasteiger partial charge in [-0.2, -0.15) is 4.99 Å². The van der Waals surface area contributed by atoms with Gasteiger partial charge in [-0.1, -0.05) is 37.3 Å². The van der Waals surface area contributed by atoms with Gasteiger partial charge >= 0.3 is 0 Å². The number of carbonyl (C=O) groups is 1. The number of carbonyl (C=O) groups excluding carboxylic acids is 2. The molecule has 1 amide bonds. The molecule has 0 aromatic heterocycles. The third-order valence-electron chi connectivity index (χ3n) is 2.96. The molecule has 0 radical (unpaired) electrons. The largest absolute Gasteiger partial charge is 0.322 e. The summed E-state index contributed by atoms with van der Waals surface area (Å²) >= 11 is 0. The van der Waals surface area contributed by atoms with Gasteiger partial charge in [0.15, 0.2) is 0 Å². The molecular formula is C16H14N2O2. The van der Waals surface area contributed by atoms with E-state index >= 15 is 0 Å². The second-order valence-corrected chi connectivity index (χ2v) is 4.19. The summed E-state index contributed by atoms with van der Waals surface area (Å²) in [6.07, 6.45) is 2.28. The Balaban J connectivity index is 2.31. The summed E-state index contributed by atoms with van der Waals surface area (Å²) in [4.78, 5) is 26.2. The van der Waals surface area contributed by atoms with Crippen molar-refractivity contribution < 1.29 is 9.59 Å². The summed E-state index contributed by atoms with van der Waals surface area (Å²) in [6.45, 7) is 2.02. The topological polar surface area (TPSA) is 58.5 Å². The van der Waals surface area contributed by atoms with Crippen molar-refractivity contribution in [3.63, 3.8) is 0 Å². The van der Waals surface area contributed by atoms with Crippen LogP contribution in [0, 0.1) is 0 Å². The van der Waals surface area contributed by atoms with Gasteiger partial charge in [-0.15, -0.1) is 0 Å². The fourth-order valence-corrected chi connectivity index (χ4v) is 1.95. The van der Waals surface area contributed by atoms with E-state index in [1.54, 1.807) is 24.3 Å². The Kier molecular flexibility index (Phi) is 4.43. The van der Waals surface area contributed by atoms with Crippen LogP contribution in [-0.2, 0) is 11.2 Å². The summed E-state index contributed by atoms with van der Waals surface area (Å²) in [5, 5.41) is 2.85. The van der Waals surface area contributed by atoms with E-state index in [4.69, 9.17) is 0 Å². The summed E-state index contributed by atoms with van der Waals surface area (Å²) in [5.74, 6) is -0.291. The van der Waals surface area contributed by atoms with Gasteiger partial charge in [0.05, 0.1) is 11.3 Å². The summed E-state index contributed by atoms with van der Waals surface area (Å²) in [5.41, 5.74) is 2.48. The van der Waals surface area contributed by atoms with Gasteiger partial charge < -0.3 is 5.32 Å². The maximum Gasteiger partial charge on any atom is 0.257 e. The van der Waals surface area contributed by atoms with E-state index in [0.717, 1.165) is 17.7 Å². The maximum absolute atomic E-state index is 12.3. The zero-order chi connectivity index (χ0) is 14.4. The number of isocyanates is 1. The van der Waals surface area contributed by atoms with Gasteiger partial charge in [0.2, 0.25) is 6.08 Å². The molecule has 0 heterocycles. The van der Waals surface area contributed by atoms with E-state index in [2.05, 4.69) is 10.3 Å². The van der Waals surface area contributed by atoms with Gasteiger partial charge in [0.25, 0.3) is 5.91 Å². The van der Waals surface area contributed by atoms with Crippen molar-refractivity contribution in [2.75, 3.05) is 5.32 Å². The predicted molar refractivity (Wildman–Crippen MR) is 78.0 cm³/mol. The molecule has 4 heteroatoms. The normalized spacial score (nSPS) is 9.65. The Labute approximate surface area is 117 Å². The highest BCUT2D eigenvalue weighted by Gasteiger charge is 2.12. The van der Waals surface area contributed by atoms with E-state index in [0.29, 0.717) is 11.3 Å². The average molecular weight is 266 g/mol. The Morgan fingerprint density at radius 1 is 1.15 bits per heavy atom. The lowest BCUT2D eigenvalue weighted by molar-refractivity contribution is 0.102. The number of amides is 1. The first-order chi connectivity index (χ1) is 9.76. The van der Waals surface area contributed by atoms with Crippen molar-refractivity contribution in [3.8, 4) is 0 Å². The third kappa shape index (κ3) is 2.99. The van der Waals surface area contributed by atoms with Crippen molar-refractivity contribution in [2.24, 2.45) is 4.99 Å². The highest BCUT2D eigenvalue weighted by molar-refractivity contribution is 6.08. The lowest BCUT2D eigenvalue weighted by Gasteiger charge is -2.10. The van der Waals surface area contributed by atoms with Crippen LogP contribution < -0.4 is 5.32 Å². The molecule has 4 nitrogen and oxygen atoms in total. The number of hydrogen-bond acceptors (Lipinski definition) is 3. The van der Waals surface area contributed by atoms with Crippen LogP contribution in [-0.4, -0.2) is 12.0 Å². The van der Waals surface area contributed by atoms with Crippen LogP contribution in [0.25, 0.3) is 0 Å². The first-order valence-electron chi connectivity index (χ1n) is 6.32. The van der Waals surface area contributed by atoms with E-state index < -0.39 is 0 Å². The number of benzene rings is 2. The molecule has 1 N–H and O–H groups in total. The minimum absolute atomic E-state index is 0.291. The molecule has 0 spiro atoms. The molecule has 20 heavy (non-hydrogen) atoms. The molecule has 0 bridgehead atoms. The number of rotatable bonds is 4. The van der Waals surface area contributed by atoms with E-state index in [1.165, 1.54) is 6.08 Å². The van der Waals surface area contributed by atoms with Crippen molar-refractivity contribution in [1.82, 2.24) is 0 Å². The molecule has 2 rings (SSSR count). The molecule has 0 fully saturated rings. The molecule has 0 aliphatic heterocycles. The zero-order valence-electron chi connectivity index (χ0n) is 11.1. The van der Waals surface area contributed by atoms with Crippen molar-refractivity contribution >= 4 is 23.4 Å². The average Bonchev–Trinajstić information content (AvgIpc) is 2.48. The van der Waals surface area contributed by atoms with Crippen molar-refractivity contribution in [3.05, 3.63) is 59.7 Å². The zero-order valence-corrected chi connectivity index (χ0v) is 11.1. The van der Waals surface area contributed by atoms with Gasteiger partial charge in [-0.25, -0.2) is 4.79 Å². The first kappa shape index (κ1) is 13.7. The number of aliphatic imine (C=N–C) groups is 1. The maximum atomic E-state index is 12.3. The van der Waals surface area contributed by atoms with Gasteiger partial charge in [-0.05, 0) is 30.2 Å². The molecule has 100 valence electrons. The lowest BCUT2D eigenvalue weighted by atomic mass is 10.1.